The molecule has 0 bridgehead atoms. The minimum atomic E-state index is -2.59. The van der Waals surface area contributed by atoms with E-state index in [1.165, 1.54) is 6.07 Å². The number of fused-ring (bicyclic) bond motifs is 1. The van der Waals surface area contributed by atoms with Crippen molar-refractivity contribution in [1.82, 2.24) is 19.7 Å². The van der Waals surface area contributed by atoms with Crippen LogP contribution in [0.5, 0.6) is 0 Å². The van der Waals surface area contributed by atoms with E-state index in [0.717, 1.165) is 12.1 Å². The Morgan fingerprint density at radius 1 is 1.21 bits per heavy atom. The monoisotopic (exact) mass is 331 g/mol. The van der Waals surface area contributed by atoms with Crippen LogP contribution in [-0.2, 0) is 6.54 Å². The van der Waals surface area contributed by atoms with E-state index in [1.54, 1.807) is 35.1 Å². The molecular weight excluding hydrogens is 312 g/mol. The van der Waals surface area contributed by atoms with E-state index in [4.69, 9.17) is 5.73 Å². The van der Waals surface area contributed by atoms with Gasteiger partial charge in [0.2, 0.25) is 0 Å². The smallest absolute Gasteiger partial charge is 0.264 e. The van der Waals surface area contributed by atoms with Crippen molar-refractivity contribution in [3.63, 3.8) is 0 Å². The van der Waals surface area contributed by atoms with E-state index < -0.39 is 6.43 Å². The van der Waals surface area contributed by atoms with Gasteiger partial charge in [-0.1, -0.05) is 12.1 Å². The van der Waals surface area contributed by atoms with Crippen LogP contribution in [0.15, 0.2) is 36.5 Å². The molecule has 3 rings (SSSR count). The SMILES string of the molecule is CN(C)CCn1cc2c(C(F)F)cc(-c3ccc(N)cc3)nc2n1. The summed E-state index contributed by atoms with van der Waals surface area (Å²) in [6, 6.07) is 8.40. The van der Waals surface area contributed by atoms with Crippen LogP contribution >= 0.6 is 0 Å². The molecule has 24 heavy (non-hydrogen) atoms. The molecule has 2 aromatic heterocycles. The highest BCUT2D eigenvalue weighted by atomic mass is 19.3. The van der Waals surface area contributed by atoms with Gasteiger partial charge < -0.3 is 10.6 Å². The third kappa shape index (κ3) is 3.35. The van der Waals surface area contributed by atoms with Crippen LogP contribution in [0.25, 0.3) is 22.3 Å². The summed E-state index contributed by atoms with van der Waals surface area (Å²) >= 11 is 0. The normalized spacial score (nSPS) is 11.8. The number of aromatic nitrogens is 3. The van der Waals surface area contributed by atoms with Crippen LogP contribution in [0.2, 0.25) is 0 Å². The lowest BCUT2D eigenvalue weighted by molar-refractivity contribution is 0.153. The van der Waals surface area contributed by atoms with Gasteiger partial charge in [0.05, 0.1) is 12.2 Å². The van der Waals surface area contributed by atoms with Crippen molar-refractivity contribution in [3.8, 4) is 11.3 Å². The highest BCUT2D eigenvalue weighted by Crippen LogP contribution is 2.31. The van der Waals surface area contributed by atoms with E-state index in [0.29, 0.717) is 29.0 Å². The summed E-state index contributed by atoms with van der Waals surface area (Å²) in [7, 11) is 3.90. The fourth-order valence-corrected chi connectivity index (χ4v) is 2.47. The highest BCUT2D eigenvalue weighted by Gasteiger charge is 2.17. The molecule has 1 aromatic carbocycles. The molecule has 0 amide bonds. The van der Waals surface area contributed by atoms with Crippen molar-refractivity contribution >= 4 is 16.7 Å². The molecule has 0 spiro atoms. The Balaban J connectivity index is 2.07. The molecule has 0 radical (unpaired) electrons. The number of benzene rings is 1. The second kappa shape index (κ2) is 6.52. The number of alkyl halides is 2. The van der Waals surface area contributed by atoms with Gasteiger partial charge in [-0.05, 0) is 32.3 Å². The fourth-order valence-electron chi connectivity index (χ4n) is 2.47. The van der Waals surface area contributed by atoms with Crippen LogP contribution in [0, 0.1) is 0 Å². The molecular formula is C17H19F2N5. The largest absolute Gasteiger partial charge is 0.399 e. The van der Waals surface area contributed by atoms with Gasteiger partial charge in [-0.25, -0.2) is 13.8 Å². The van der Waals surface area contributed by atoms with Crippen LogP contribution in [0.4, 0.5) is 14.5 Å². The van der Waals surface area contributed by atoms with Gasteiger partial charge in [-0.3, -0.25) is 4.68 Å². The Labute approximate surface area is 138 Å². The minimum absolute atomic E-state index is 0.0528. The summed E-state index contributed by atoms with van der Waals surface area (Å²) in [6.07, 6.45) is -0.949. The molecule has 2 N–H and O–H groups in total. The molecule has 0 aliphatic rings. The number of hydrogen-bond acceptors (Lipinski definition) is 4. The predicted octanol–water partition coefficient (Wildman–Crippen LogP) is 3.18. The highest BCUT2D eigenvalue weighted by molar-refractivity contribution is 5.82. The summed E-state index contributed by atoms with van der Waals surface area (Å²) in [5.74, 6) is 0. The second-order valence-corrected chi connectivity index (χ2v) is 5.95. The topological polar surface area (TPSA) is 60.0 Å². The average Bonchev–Trinajstić information content (AvgIpc) is 2.95. The van der Waals surface area contributed by atoms with Crippen LogP contribution < -0.4 is 5.73 Å². The molecule has 7 heteroatoms. The zero-order chi connectivity index (χ0) is 17.3. The predicted molar refractivity (Wildman–Crippen MR) is 90.9 cm³/mol. The van der Waals surface area contributed by atoms with Gasteiger partial charge in [-0.2, -0.15) is 5.10 Å². The first-order chi connectivity index (χ1) is 11.4. The average molecular weight is 331 g/mol. The standard InChI is InChI=1S/C17H19F2N5/c1-23(2)7-8-24-10-14-13(16(18)19)9-15(21-17(14)22-24)11-3-5-12(20)6-4-11/h3-6,9-10,16H,7-8,20H2,1-2H3. The van der Waals surface area contributed by atoms with E-state index in [-0.39, 0.29) is 5.56 Å². The number of hydrogen-bond donors (Lipinski definition) is 1. The Bertz CT molecular complexity index is 840. The first kappa shape index (κ1) is 16.3. The van der Waals surface area contributed by atoms with Crippen molar-refractivity contribution in [2.75, 3.05) is 26.4 Å². The molecule has 0 atom stereocenters. The van der Waals surface area contributed by atoms with Crippen molar-refractivity contribution in [3.05, 3.63) is 42.1 Å². The summed E-state index contributed by atoms with van der Waals surface area (Å²) in [5.41, 5.74) is 7.77. The molecule has 126 valence electrons. The quantitative estimate of drug-likeness (QED) is 0.730. The zero-order valence-electron chi connectivity index (χ0n) is 13.6. The number of rotatable bonds is 5. The Morgan fingerprint density at radius 2 is 1.92 bits per heavy atom. The van der Waals surface area contributed by atoms with Gasteiger partial charge in [0.1, 0.15) is 0 Å². The fraction of sp³-hybridized carbons (Fsp3) is 0.294. The van der Waals surface area contributed by atoms with Crippen molar-refractivity contribution in [2.24, 2.45) is 0 Å². The lowest BCUT2D eigenvalue weighted by Gasteiger charge is -2.08. The van der Waals surface area contributed by atoms with Gasteiger partial charge >= 0.3 is 0 Å². The second-order valence-electron chi connectivity index (χ2n) is 5.95. The number of pyridine rings is 1. The molecule has 3 aromatic rings. The lowest BCUT2D eigenvalue weighted by atomic mass is 10.1. The molecule has 2 heterocycles. The number of nitrogens with two attached hydrogens (primary N) is 1. The summed E-state index contributed by atoms with van der Waals surface area (Å²) in [6.45, 7) is 1.38. The number of nitrogen functional groups attached to an aromatic ring is 1. The number of anilines is 1. The maximum atomic E-state index is 13.5. The molecule has 0 saturated carbocycles. The molecule has 0 aliphatic carbocycles. The van der Waals surface area contributed by atoms with Gasteiger partial charge in [0, 0.05) is 34.9 Å². The van der Waals surface area contributed by atoms with E-state index in [2.05, 4.69) is 10.1 Å². The summed E-state index contributed by atoms with van der Waals surface area (Å²) in [4.78, 5) is 6.45. The summed E-state index contributed by atoms with van der Waals surface area (Å²) < 4.78 is 28.6. The number of halogens is 2. The third-order valence-electron chi connectivity index (χ3n) is 3.79. The van der Waals surface area contributed by atoms with Gasteiger partial charge in [-0.15, -0.1) is 0 Å². The first-order valence-corrected chi connectivity index (χ1v) is 7.61. The van der Waals surface area contributed by atoms with Crippen LogP contribution in [-0.4, -0.2) is 40.3 Å². The first-order valence-electron chi connectivity index (χ1n) is 7.61. The Kier molecular flexibility index (Phi) is 4.44. The molecule has 5 nitrogen and oxygen atoms in total. The Hall–Kier alpha value is -2.54. The van der Waals surface area contributed by atoms with Gasteiger partial charge in [0.25, 0.3) is 6.43 Å². The zero-order valence-corrected chi connectivity index (χ0v) is 13.6. The maximum absolute atomic E-state index is 13.5. The van der Waals surface area contributed by atoms with Gasteiger partial charge in [0.15, 0.2) is 5.65 Å². The van der Waals surface area contributed by atoms with Crippen molar-refractivity contribution in [2.45, 2.75) is 13.0 Å². The molecule has 0 aliphatic heterocycles. The third-order valence-corrected chi connectivity index (χ3v) is 3.79. The number of nitrogens with zero attached hydrogens (tertiary/aromatic N) is 4. The number of likely N-dealkylation sites (N-methyl/N-ethyl adjacent to an activating group) is 1. The van der Waals surface area contributed by atoms with E-state index in [9.17, 15) is 8.78 Å². The van der Waals surface area contributed by atoms with Crippen molar-refractivity contribution < 1.29 is 8.78 Å². The lowest BCUT2D eigenvalue weighted by Crippen LogP contribution is -2.18. The van der Waals surface area contributed by atoms with Crippen LogP contribution in [0.1, 0.15) is 12.0 Å². The molecule has 0 unspecified atom stereocenters. The van der Waals surface area contributed by atoms with Crippen molar-refractivity contribution in [1.29, 1.82) is 0 Å². The van der Waals surface area contributed by atoms with E-state index in [1.807, 2.05) is 19.0 Å². The van der Waals surface area contributed by atoms with E-state index >= 15 is 0 Å². The summed E-state index contributed by atoms with van der Waals surface area (Å²) in [5, 5.41) is 4.74. The molecule has 0 fully saturated rings. The van der Waals surface area contributed by atoms with Crippen LogP contribution in [0.3, 0.4) is 0 Å². The Morgan fingerprint density at radius 3 is 2.54 bits per heavy atom. The minimum Gasteiger partial charge on any atom is -0.399 e. The maximum Gasteiger partial charge on any atom is 0.264 e. The molecule has 0 saturated heterocycles.